The number of β-amino-alcohol motifs (C(OH)–C–C–N with tert-alkyl or cyclic N) is 1. The number of H-pyrrole nitrogens is 1. The van der Waals surface area contributed by atoms with E-state index in [1.54, 1.807) is 13.1 Å². The first kappa shape index (κ1) is 15.7. The lowest BCUT2D eigenvalue weighted by atomic mass is 9.96. The van der Waals surface area contributed by atoms with Gasteiger partial charge < -0.3 is 15.0 Å². The summed E-state index contributed by atoms with van der Waals surface area (Å²) in [5.41, 5.74) is 2.01. The summed E-state index contributed by atoms with van der Waals surface area (Å²) in [6.07, 6.45) is 2.35. The topological polar surface area (TPSA) is 82.1 Å². The fraction of sp³-hybridized carbons (Fsp3) is 0.471. The van der Waals surface area contributed by atoms with E-state index in [4.69, 9.17) is 0 Å². The molecule has 0 spiro atoms. The van der Waals surface area contributed by atoms with Gasteiger partial charge in [-0.1, -0.05) is 6.92 Å². The third kappa shape index (κ3) is 3.12. The molecule has 3 heterocycles. The van der Waals surface area contributed by atoms with Gasteiger partial charge in [-0.05, 0) is 38.3 Å². The molecular formula is C17H22N4O2. The average Bonchev–Trinajstić information content (AvgIpc) is 2.55. The maximum absolute atomic E-state index is 11.9. The molecule has 0 bridgehead atoms. The van der Waals surface area contributed by atoms with Gasteiger partial charge in [-0.25, -0.2) is 9.97 Å². The van der Waals surface area contributed by atoms with Crippen LogP contribution in [0.5, 0.6) is 0 Å². The van der Waals surface area contributed by atoms with Crippen molar-refractivity contribution in [3.05, 3.63) is 39.9 Å². The van der Waals surface area contributed by atoms with Crippen molar-refractivity contribution in [3.63, 3.8) is 0 Å². The van der Waals surface area contributed by atoms with E-state index in [9.17, 15) is 9.90 Å². The standard InChI is InChI=1S/C17H22N4O2/c1-10-6-7-21(9-14(10)22)15-5-4-13(8-18-15)16-19-12(3)11(2)17(23)20-16/h4-5,8,10,14,22H,6-7,9H2,1-3H3,(H,19,20,23). The van der Waals surface area contributed by atoms with Crippen LogP contribution in [0.2, 0.25) is 0 Å². The molecule has 6 nitrogen and oxygen atoms in total. The highest BCUT2D eigenvalue weighted by atomic mass is 16.3. The van der Waals surface area contributed by atoms with Crippen LogP contribution in [0.3, 0.4) is 0 Å². The van der Waals surface area contributed by atoms with E-state index in [2.05, 4.69) is 26.8 Å². The monoisotopic (exact) mass is 314 g/mol. The summed E-state index contributed by atoms with van der Waals surface area (Å²) < 4.78 is 0. The molecule has 3 rings (SSSR count). The second-order valence-electron chi connectivity index (χ2n) is 6.31. The minimum absolute atomic E-state index is 0.121. The molecule has 0 saturated carbocycles. The van der Waals surface area contributed by atoms with Crippen LogP contribution in [0.15, 0.2) is 23.1 Å². The van der Waals surface area contributed by atoms with Gasteiger partial charge in [-0.15, -0.1) is 0 Å². The number of nitrogens with one attached hydrogen (secondary N) is 1. The van der Waals surface area contributed by atoms with Crippen molar-refractivity contribution in [2.24, 2.45) is 5.92 Å². The van der Waals surface area contributed by atoms with Gasteiger partial charge in [0.15, 0.2) is 0 Å². The van der Waals surface area contributed by atoms with Gasteiger partial charge in [0.2, 0.25) is 0 Å². The highest BCUT2D eigenvalue weighted by molar-refractivity contribution is 5.56. The summed E-state index contributed by atoms with van der Waals surface area (Å²) in [5, 5.41) is 10.0. The number of piperidine rings is 1. The predicted molar refractivity (Wildman–Crippen MR) is 89.6 cm³/mol. The number of anilines is 1. The van der Waals surface area contributed by atoms with Crippen molar-refractivity contribution < 1.29 is 5.11 Å². The van der Waals surface area contributed by atoms with Crippen molar-refractivity contribution in [2.75, 3.05) is 18.0 Å². The fourth-order valence-corrected chi connectivity index (χ4v) is 2.75. The third-order valence-corrected chi connectivity index (χ3v) is 4.66. The minimum atomic E-state index is -0.317. The SMILES string of the molecule is Cc1nc(-c2ccc(N3CCC(C)C(O)C3)nc2)[nH]c(=O)c1C. The van der Waals surface area contributed by atoms with Gasteiger partial charge in [-0.3, -0.25) is 4.79 Å². The third-order valence-electron chi connectivity index (χ3n) is 4.66. The number of pyridine rings is 1. The van der Waals surface area contributed by atoms with E-state index in [1.807, 2.05) is 19.1 Å². The van der Waals surface area contributed by atoms with Crippen molar-refractivity contribution >= 4 is 5.82 Å². The van der Waals surface area contributed by atoms with Crippen molar-refractivity contribution in [3.8, 4) is 11.4 Å². The number of aryl methyl sites for hydroxylation is 1. The highest BCUT2D eigenvalue weighted by Crippen LogP contribution is 2.23. The van der Waals surface area contributed by atoms with Gasteiger partial charge in [0.1, 0.15) is 11.6 Å². The molecule has 122 valence electrons. The Morgan fingerprint density at radius 3 is 2.74 bits per heavy atom. The second kappa shape index (κ2) is 6.12. The second-order valence-corrected chi connectivity index (χ2v) is 6.31. The lowest BCUT2D eigenvalue weighted by molar-refractivity contribution is 0.102. The van der Waals surface area contributed by atoms with E-state index in [1.165, 1.54) is 0 Å². The van der Waals surface area contributed by atoms with E-state index in [0.717, 1.165) is 30.0 Å². The zero-order valence-electron chi connectivity index (χ0n) is 13.7. The van der Waals surface area contributed by atoms with Crippen molar-refractivity contribution in [1.29, 1.82) is 0 Å². The number of aliphatic hydroxyl groups is 1. The molecule has 2 aromatic heterocycles. The first-order valence-electron chi connectivity index (χ1n) is 7.92. The Kier molecular flexibility index (Phi) is 4.17. The molecule has 2 N–H and O–H groups in total. The molecule has 2 unspecified atom stereocenters. The summed E-state index contributed by atoms with van der Waals surface area (Å²) in [5.74, 6) is 1.70. The van der Waals surface area contributed by atoms with Gasteiger partial charge in [0, 0.05) is 36.1 Å². The van der Waals surface area contributed by atoms with Crippen LogP contribution in [-0.2, 0) is 0 Å². The number of aliphatic hydroxyl groups excluding tert-OH is 1. The molecule has 1 aliphatic heterocycles. The van der Waals surface area contributed by atoms with Crippen LogP contribution in [0, 0.1) is 19.8 Å². The molecule has 2 aromatic rings. The maximum Gasteiger partial charge on any atom is 0.254 e. The predicted octanol–water partition coefficient (Wildman–Crippen LogP) is 1.66. The van der Waals surface area contributed by atoms with Crippen molar-refractivity contribution in [1.82, 2.24) is 15.0 Å². The molecule has 0 aliphatic carbocycles. The lowest BCUT2D eigenvalue weighted by Gasteiger charge is -2.35. The quantitative estimate of drug-likeness (QED) is 0.881. The Bertz CT molecular complexity index is 754. The number of hydrogen-bond donors (Lipinski definition) is 2. The smallest absolute Gasteiger partial charge is 0.254 e. The molecular weight excluding hydrogens is 292 g/mol. The number of rotatable bonds is 2. The van der Waals surface area contributed by atoms with Gasteiger partial charge in [0.05, 0.1) is 6.10 Å². The maximum atomic E-state index is 11.9. The molecule has 1 fully saturated rings. The van der Waals surface area contributed by atoms with Crippen LogP contribution in [-0.4, -0.2) is 39.3 Å². The summed E-state index contributed by atoms with van der Waals surface area (Å²) >= 11 is 0. The summed E-state index contributed by atoms with van der Waals surface area (Å²) in [7, 11) is 0. The van der Waals surface area contributed by atoms with Crippen LogP contribution in [0.1, 0.15) is 24.6 Å². The van der Waals surface area contributed by atoms with E-state index in [0.29, 0.717) is 23.9 Å². The van der Waals surface area contributed by atoms with Crippen LogP contribution >= 0.6 is 0 Å². The first-order valence-corrected chi connectivity index (χ1v) is 7.92. The van der Waals surface area contributed by atoms with Crippen LogP contribution < -0.4 is 10.5 Å². The van der Waals surface area contributed by atoms with E-state index >= 15 is 0 Å². The largest absolute Gasteiger partial charge is 0.391 e. The average molecular weight is 314 g/mol. The number of aromatic amines is 1. The Morgan fingerprint density at radius 1 is 1.35 bits per heavy atom. The van der Waals surface area contributed by atoms with Crippen molar-refractivity contribution in [2.45, 2.75) is 33.3 Å². The molecule has 1 aliphatic rings. The zero-order valence-corrected chi connectivity index (χ0v) is 13.7. The molecule has 0 aromatic carbocycles. The van der Waals surface area contributed by atoms with E-state index in [-0.39, 0.29) is 11.7 Å². The number of hydrogen-bond acceptors (Lipinski definition) is 5. The number of aromatic nitrogens is 3. The normalized spacial score (nSPS) is 21.5. The Labute approximate surface area is 135 Å². The highest BCUT2D eigenvalue weighted by Gasteiger charge is 2.24. The summed E-state index contributed by atoms with van der Waals surface area (Å²) in [6.45, 7) is 7.15. The molecule has 2 atom stereocenters. The summed E-state index contributed by atoms with van der Waals surface area (Å²) in [6, 6.07) is 3.81. The molecule has 23 heavy (non-hydrogen) atoms. The molecule has 0 radical (unpaired) electrons. The van der Waals surface area contributed by atoms with Crippen LogP contribution in [0.4, 0.5) is 5.82 Å². The minimum Gasteiger partial charge on any atom is -0.391 e. The summed E-state index contributed by atoms with van der Waals surface area (Å²) in [4.78, 5) is 25.6. The Hall–Kier alpha value is -2.21. The van der Waals surface area contributed by atoms with Crippen LogP contribution in [0.25, 0.3) is 11.4 Å². The first-order chi connectivity index (χ1) is 11.0. The zero-order chi connectivity index (χ0) is 16.6. The van der Waals surface area contributed by atoms with E-state index < -0.39 is 0 Å². The molecule has 6 heteroatoms. The number of nitrogens with zero attached hydrogens (tertiary/aromatic N) is 3. The molecule has 1 saturated heterocycles. The fourth-order valence-electron chi connectivity index (χ4n) is 2.75. The lowest BCUT2D eigenvalue weighted by Crippen LogP contribution is -2.43. The Balaban J connectivity index is 1.84. The molecule has 0 amide bonds. The van der Waals surface area contributed by atoms with Gasteiger partial charge in [-0.2, -0.15) is 0 Å². The van der Waals surface area contributed by atoms with Gasteiger partial charge >= 0.3 is 0 Å². The van der Waals surface area contributed by atoms with Gasteiger partial charge in [0.25, 0.3) is 5.56 Å². The Morgan fingerprint density at radius 2 is 2.13 bits per heavy atom.